The largest absolute Gasteiger partial charge is 0.313 e. The minimum atomic E-state index is -3.62. The summed E-state index contributed by atoms with van der Waals surface area (Å²) < 4.78 is 27.7. The molecule has 0 amide bonds. The lowest BCUT2D eigenvalue weighted by molar-refractivity contribution is -0.384. The average molecular weight is 426 g/mol. The number of nitrogens with zero attached hydrogens (tertiary/aromatic N) is 2. The maximum absolute atomic E-state index is 13.1. The molecule has 2 aromatic rings. The Morgan fingerprint density at radius 2 is 1.89 bits per heavy atom. The van der Waals surface area contributed by atoms with Crippen LogP contribution in [0.1, 0.15) is 29.7 Å². The van der Waals surface area contributed by atoms with E-state index in [1.807, 2.05) is 24.3 Å². The van der Waals surface area contributed by atoms with Crippen LogP contribution >= 0.6 is 12.4 Å². The van der Waals surface area contributed by atoms with E-state index >= 15 is 0 Å². The highest BCUT2D eigenvalue weighted by molar-refractivity contribution is 7.88. The number of nitro benzene ring substituents is 1. The van der Waals surface area contributed by atoms with Crippen LogP contribution in [-0.2, 0) is 22.2 Å². The van der Waals surface area contributed by atoms with Crippen LogP contribution in [0.15, 0.2) is 48.5 Å². The number of aryl methyl sites for hydroxylation is 1. The first-order valence-electron chi connectivity index (χ1n) is 8.93. The fourth-order valence-electron chi connectivity index (χ4n) is 3.33. The van der Waals surface area contributed by atoms with E-state index in [0.717, 1.165) is 12.0 Å². The van der Waals surface area contributed by atoms with E-state index in [1.54, 1.807) is 6.07 Å². The first-order valence-corrected chi connectivity index (χ1v) is 10.5. The smallest absolute Gasteiger partial charge is 0.269 e. The number of rotatable bonds is 6. The maximum Gasteiger partial charge on any atom is 0.269 e. The molecule has 28 heavy (non-hydrogen) atoms. The Kier molecular flexibility index (Phi) is 7.54. The second kappa shape index (κ2) is 9.47. The van der Waals surface area contributed by atoms with Crippen molar-refractivity contribution >= 4 is 28.1 Å². The molecule has 0 aliphatic carbocycles. The van der Waals surface area contributed by atoms with Gasteiger partial charge in [-0.25, -0.2) is 8.42 Å². The van der Waals surface area contributed by atoms with Crippen LogP contribution in [0.2, 0.25) is 0 Å². The van der Waals surface area contributed by atoms with Gasteiger partial charge in [-0.2, -0.15) is 4.31 Å². The van der Waals surface area contributed by atoms with E-state index < -0.39 is 14.9 Å². The summed E-state index contributed by atoms with van der Waals surface area (Å²) in [6.07, 6.45) is 0.929. The molecule has 7 nitrogen and oxygen atoms in total. The molecule has 0 radical (unpaired) electrons. The van der Waals surface area contributed by atoms with Crippen LogP contribution in [0.25, 0.3) is 0 Å². The van der Waals surface area contributed by atoms with Crippen molar-refractivity contribution in [2.75, 3.05) is 19.6 Å². The van der Waals surface area contributed by atoms with Gasteiger partial charge in [0.1, 0.15) is 0 Å². The molecule has 0 saturated carbocycles. The summed E-state index contributed by atoms with van der Waals surface area (Å²) in [6, 6.07) is 13.5. The van der Waals surface area contributed by atoms with Crippen LogP contribution in [0, 0.1) is 10.1 Å². The van der Waals surface area contributed by atoms with Gasteiger partial charge in [0.2, 0.25) is 10.0 Å². The number of nitrogens with one attached hydrogen (secondary N) is 1. The van der Waals surface area contributed by atoms with E-state index in [4.69, 9.17) is 0 Å². The highest BCUT2D eigenvalue weighted by Crippen LogP contribution is 2.28. The maximum atomic E-state index is 13.1. The van der Waals surface area contributed by atoms with Gasteiger partial charge in [0.15, 0.2) is 0 Å². The molecular formula is C19H24ClN3O4S. The monoisotopic (exact) mass is 425 g/mol. The predicted octanol–water partition coefficient (Wildman–Crippen LogP) is 3.06. The van der Waals surface area contributed by atoms with Crippen molar-refractivity contribution in [3.63, 3.8) is 0 Å². The Hall–Kier alpha value is -2.00. The molecule has 1 fully saturated rings. The van der Waals surface area contributed by atoms with E-state index in [-0.39, 0.29) is 29.9 Å². The number of halogens is 1. The van der Waals surface area contributed by atoms with Crippen molar-refractivity contribution in [2.45, 2.75) is 25.1 Å². The number of hydrogen-bond donors (Lipinski definition) is 1. The van der Waals surface area contributed by atoms with Gasteiger partial charge in [0, 0.05) is 31.8 Å². The van der Waals surface area contributed by atoms with Gasteiger partial charge in [0.25, 0.3) is 5.69 Å². The molecule has 2 aromatic carbocycles. The lowest BCUT2D eigenvalue weighted by atomic mass is 10.0. The van der Waals surface area contributed by atoms with Crippen molar-refractivity contribution in [3.05, 3.63) is 75.3 Å². The Morgan fingerprint density at radius 3 is 2.54 bits per heavy atom. The molecule has 0 bridgehead atoms. The molecule has 1 aliphatic heterocycles. The van der Waals surface area contributed by atoms with Gasteiger partial charge >= 0.3 is 0 Å². The summed E-state index contributed by atoms with van der Waals surface area (Å²) in [7, 11) is -3.62. The third kappa shape index (κ3) is 5.08. The molecule has 1 N–H and O–H groups in total. The first-order chi connectivity index (χ1) is 12.9. The Balaban J connectivity index is 0.00000280. The Bertz CT molecular complexity index is 919. The number of piperazine rings is 1. The van der Waals surface area contributed by atoms with Crippen molar-refractivity contribution in [1.29, 1.82) is 0 Å². The van der Waals surface area contributed by atoms with Crippen molar-refractivity contribution < 1.29 is 13.3 Å². The third-order valence-corrected chi connectivity index (χ3v) is 6.64. The lowest BCUT2D eigenvalue weighted by Gasteiger charge is -2.35. The zero-order chi connectivity index (χ0) is 19.4. The van der Waals surface area contributed by atoms with Crippen molar-refractivity contribution in [3.8, 4) is 0 Å². The summed E-state index contributed by atoms with van der Waals surface area (Å²) in [4.78, 5) is 10.4. The second-order valence-electron chi connectivity index (χ2n) is 6.61. The van der Waals surface area contributed by atoms with Crippen LogP contribution < -0.4 is 5.32 Å². The summed E-state index contributed by atoms with van der Waals surface area (Å²) >= 11 is 0. The van der Waals surface area contributed by atoms with Crippen molar-refractivity contribution in [1.82, 2.24) is 9.62 Å². The molecule has 1 heterocycles. The Labute approximate surface area is 171 Å². The highest BCUT2D eigenvalue weighted by atomic mass is 35.5. The molecule has 3 rings (SSSR count). The molecule has 0 spiro atoms. The molecular weight excluding hydrogens is 402 g/mol. The molecule has 152 valence electrons. The van der Waals surface area contributed by atoms with E-state index in [2.05, 4.69) is 12.2 Å². The SMILES string of the molecule is CCc1ccc(C2CNCCN2S(=O)(=O)Cc2cccc([N+](=O)[O-])c2)cc1.Cl. The Morgan fingerprint density at radius 1 is 1.18 bits per heavy atom. The normalized spacial score (nSPS) is 17.7. The van der Waals surface area contributed by atoms with E-state index in [9.17, 15) is 18.5 Å². The second-order valence-corrected chi connectivity index (χ2v) is 8.53. The number of benzene rings is 2. The van der Waals surface area contributed by atoms with Gasteiger partial charge < -0.3 is 5.32 Å². The van der Waals surface area contributed by atoms with Crippen LogP contribution in [0.5, 0.6) is 0 Å². The van der Waals surface area contributed by atoms with Gasteiger partial charge in [0.05, 0.1) is 16.7 Å². The number of sulfonamides is 1. The lowest BCUT2D eigenvalue weighted by Crippen LogP contribution is -2.48. The quantitative estimate of drug-likeness (QED) is 0.567. The van der Waals surface area contributed by atoms with E-state index in [0.29, 0.717) is 25.2 Å². The average Bonchev–Trinajstić information content (AvgIpc) is 2.68. The van der Waals surface area contributed by atoms with Crippen LogP contribution in [0.4, 0.5) is 5.69 Å². The summed E-state index contributed by atoms with van der Waals surface area (Å²) in [5.74, 6) is -0.252. The minimum Gasteiger partial charge on any atom is -0.313 e. The summed E-state index contributed by atoms with van der Waals surface area (Å²) in [5, 5.41) is 14.2. The summed E-state index contributed by atoms with van der Waals surface area (Å²) in [5.41, 5.74) is 2.47. The van der Waals surface area contributed by atoms with Crippen LogP contribution in [-0.4, -0.2) is 37.3 Å². The molecule has 1 aliphatic rings. The first kappa shape index (κ1) is 22.3. The fourth-order valence-corrected chi connectivity index (χ4v) is 5.05. The molecule has 1 atom stereocenters. The highest BCUT2D eigenvalue weighted by Gasteiger charge is 2.33. The number of hydrogen-bond acceptors (Lipinski definition) is 5. The molecule has 1 saturated heterocycles. The zero-order valence-corrected chi connectivity index (χ0v) is 17.2. The van der Waals surface area contributed by atoms with Gasteiger partial charge in [-0.05, 0) is 23.1 Å². The molecule has 9 heteroatoms. The topological polar surface area (TPSA) is 92.6 Å². The molecule has 0 aromatic heterocycles. The minimum absolute atomic E-state index is 0. The molecule has 1 unspecified atom stereocenters. The van der Waals surface area contributed by atoms with Gasteiger partial charge in [-0.3, -0.25) is 10.1 Å². The van der Waals surface area contributed by atoms with Crippen LogP contribution in [0.3, 0.4) is 0 Å². The van der Waals surface area contributed by atoms with Gasteiger partial charge in [-0.1, -0.05) is 43.3 Å². The summed E-state index contributed by atoms with van der Waals surface area (Å²) in [6.45, 7) is 3.57. The van der Waals surface area contributed by atoms with Crippen molar-refractivity contribution in [2.24, 2.45) is 0 Å². The number of nitro groups is 1. The predicted molar refractivity (Wildman–Crippen MR) is 111 cm³/mol. The number of non-ortho nitro benzene ring substituents is 1. The van der Waals surface area contributed by atoms with E-state index in [1.165, 1.54) is 28.1 Å². The standard InChI is InChI=1S/C19H23N3O4S.ClH/c1-2-15-6-8-17(9-7-15)19-13-20-10-11-21(19)27(25,26)14-16-4-3-5-18(12-16)22(23)24;/h3-9,12,19-20H,2,10-11,13-14H2,1H3;1H. The zero-order valence-electron chi connectivity index (χ0n) is 15.6. The fraction of sp³-hybridized carbons (Fsp3) is 0.368. The van der Waals surface area contributed by atoms with Gasteiger partial charge in [-0.15, -0.1) is 12.4 Å². The third-order valence-electron chi connectivity index (χ3n) is 4.79.